The molecule has 2 N–H and O–H groups in total. The summed E-state index contributed by atoms with van der Waals surface area (Å²) in [5.41, 5.74) is 0.459. The number of ether oxygens (including phenoxy) is 1. The number of hydrogen-bond acceptors (Lipinski definition) is 9. The maximum Gasteiger partial charge on any atom is 0.410 e. The molecule has 11 nitrogen and oxygen atoms in total. The van der Waals surface area contributed by atoms with Gasteiger partial charge in [-0.2, -0.15) is 0 Å². The van der Waals surface area contributed by atoms with Crippen LogP contribution in [-0.2, 0) is 20.9 Å². The highest BCUT2D eigenvalue weighted by molar-refractivity contribution is 8.14. The fourth-order valence-electron chi connectivity index (χ4n) is 3.66. The van der Waals surface area contributed by atoms with Crippen LogP contribution in [0.5, 0.6) is 0 Å². The molecule has 0 radical (unpaired) electrons. The summed E-state index contributed by atoms with van der Waals surface area (Å²) in [6.45, 7) is 1.34. The topological polar surface area (TPSA) is 151 Å². The molecule has 2 amide bonds. The maximum atomic E-state index is 13.0. The van der Waals surface area contributed by atoms with Crippen molar-refractivity contribution in [2.75, 3.05) is 19.6 Å². The molecular formula is C19H23N3O8S. The molecule has 0 saturated carbocycles. The van der Waals surface area contributed by atoms with Gasteiger partial charge in [-0.15, -0.1) is 0 Å². The number of β-amino-alcohol motifs (C(OH)–C–C–N with tert-alkyl or cyclic N) is 2. The Morgan fingerprint density at radius 1 is 1.16 bits per heavy atom. The Bertz CT molecular complexity index is 854. The average molecular weight is 453 g/mol. The Morgan fingerprint density at radius 3 is 2.32 bits per heavy atom. The van der Waals surface area contributed by atoms with Crippen molar-refractivity contribution in [2.45, 2.75) is 43.5 Å². The lowest BCUT2D eigenvalue weighted by Gasteiger charge is -2.27. The Morgan fingerprint density at radius 2 is 1.77 bits per heavy atom. The molecule has 168 valence electrons. The third kappa shape index (κ3) is 5.51. The summed E-state index contributed by atoms with van der Waals surface area (Å²) in [5.74, 6) is -0.422. The lowest BCUT2D eigenvalue weighted by Crippen LogP contribution is -2.47. The highest BCUT2D eigenvalue weighted by Crippen LogP contribution is 2.30. The van der Waals surface area contributed by atoms with E-state index in [1.165, 1.54) is 41.0 Å². The molecule has 31 heavy (non-hydrogen) atoms. The van der Waals surface area contributed by atoms with Crippen LogP contribution >= 0.6 is 11.8 Å². The van der Waals surface area contributed by atoms with Crippen molar-refractivity contribution in [3.05, 3.63) is 39.9 Å². The highest BCUT2D eigenvalue weighted by Gasteiger charge is 2.45. The van der Waals surface area contributed by atoms with Crippen molar-refractivity contribution in [1.29, 1.82) is 0 Å². The number of nitro benzene ring substituents is 1. The number of thioether (sulfide) groups is 1. The standard InChI is InChI=1S/C19H23N3O8S/c1-11(23)31-14-6-15(18(26)20-8-16(24)17(25)9-20)21(7-14)19(27)30-10-12-2-4-13(5-3-12)22(28)29/h2-5,14-17,24-25H,6-10H2,1H3/t14-,15+,16-,17-/m1/s1. The fraction of sp³-hybridized carbons (Fsp3) is 0.526. The van der Waals surface area contributed by atoms with E-state index >= 15 is 0 Å². The van der Waals surface area contributed by atoms with E-state index in [0.29, 0.717) is 5.56 Å². The minimum absolute atomic E-state index is 0.0350. The van der Waals surface area contributed by atoms with Crippen molar-refractivity contribution in [2.24, 2.45) is 0 Å². The number of non-ortho nitro benzene ring substituents is 1. The number of carbonyl (C=O) groups is 3. The van der Waals surface area contributed by atoms with E-state index in [2.05, 4.69) is 0 Å². The Balaban J connectivity index is 1.67. The highest BCUT2D eigenvalue weighted by atomic mass is 32.2. The van der Waals surface area contributed by atoms with Crippen molar-refractivity contribution in [1.82, 2.24) is 9.80 Å². The van der Waals surface area contributed by atoms with Crippen molar-refractivity contribution >= 4 is 34.6 Å². The average Bonchev–Trinajstić information content (AvgIpc) is 3.28. The van der Waals surface area contributed by atoms with Crippen molar-refractivity contribution < 1.29 is 34.3 Å². The van der Waals surface area contributed by atoms with Gasteiger partial charge in [-0.05, 0) is 24.1 Å². The summed E-state index contributed by atoms with van der Waals surface area (Å²) in [6.07, 6.45) is -2.59. The van der Waals surface area contributed by atoms with Gasteiger partial charge in [0.15, 0.2) is 5.12 Å². The minimum Gasteiger partial charge on any atom is -0.445 e. The first-order valence-electron chi connectivity index (χ1n) is 9.64. The largest absolute Gasteiger partial charge is 0.445 e. The van der Waals surface area contributed by atoms with E-state index < -0.39 is 35.2 Å². The third-order valence-corrected chi connectivity index (χ3v) is 6.20. The summed E-state index contributed by atoms with van der Waals surface area (Å²) < 4.78 is 5.30. The van der Waals surface area contributed by atoms with Gasteiger partial charge in [0.2, 0.25) is 5.91 Å². The van der Waals surface area contributed by atoms with Crippen LogP contribution in [0.3, 0.4) is 0 Å². The van der Waals surface area contributed by atoms with Crippen LogP contribution < -0.4 is 0 Å². The van der Waals surface area contributed by atoms with E-state index in [1.807, 2.05) is 0 Å². The van der Waals surface area contributed by atoms with Crippen molar-refractivity contribution in [3.8, 4) is 0 Å². The monoisotopic (exact) mass is 453 g/mol. The van der Waals surface area contributed by atoms with Gasteiger partial charge in [-0.1, -0.05) is 11.8 Å². The first-order chi connectivity index (χ1) is 14.7. The van der Waals surface area contributed by atoms with Gasteiger partial charge < -0.3 is 19.8 Å². The van der Waals surface area contributed by atoms with Gasteiger partial charge in [0.05, 0.1) is 17.1 Å². The van der Waals surface area contributed by atoms with Crippen LogP contribution in [0, 0.1) is 10.1 Å². The quantitative estimate of drug-likeness (QED) is 0.480. The number of hydrogen-bond donors (Lipinski definition) is 2. The lowest BCUT2D eigenvalue weighted by atomic mass is 10.2. The first-order valence-corrected chi connectivity index (χ1v) is 10.5. The predicted octanol–water partition coefficient (Wildman–Crippen LogP) is 0.518. The van der Waals surface area contributed by atoms with E-state index in [4.69, 9.17) is 4.74 Å². The molecule has 0 bridgehead atoms. The summed E-state index contributed by atoms with van der Waals surface area (Å²) in [6, 6.07) is 4.67. The summed E-state index contributed by atoms with van der Waals surface area (Å²) in [7, 11) is 0. The molecule has 1 aromatic carbocycles. The Labute approximate surface area is 182 Å². The number of nitrogens with zero attached hydrogens (tertiary/aromatic N) is 3. The number of nitro groups is 1. The van der Waals surface area contributed by atoms with Gasteiger partial charge >= 0.3 is 6.09 Å². The number of carbonyl (C=O) groups excluding carboxylic acids is 3. The SMILES string of the molecule is CC(=O)S[C@@H]1C[C@@H](C(=O)N2C[C@@H](O)[C@H](O)C2)N(C(=O)OCc2ccc([N+](=O)[O-])cc2)C1. The molecule has 2 aliphatic heterocycles. The molecule has 0 spiro atoms. The van der Waals surface area contributed by atoms with Crippen LogP contribution in [0.1, 0.15) is 18.9 Å². The van der Waals surface area contributed by atoms with Crippen LogP contribution in [0.2, 0.25) is 0 Å². The molecule has 0 aromatic heterocycles. The minimum atomic E-state index is -1.05. The second-order valence-electron chi connectivity index (χ2n) is 7.49. The summed E-state index contributed by atoms with van der Waals surface area (Å²) >= 11 is 1.05. The number of aliphatic hydroxyl groups is 2. The van der Waals surface area contributed by atoms with Crippen LogP contribution in [0.15, 0.2) is 24.3 Å². The number of likely N-dealkylation sites (tertiary alicyclic amines) is 2. The van der Waals surface area contributed by atoms with Gasteiger partial charge in [-0.3, -0.25) is 24.6 Å². The van der Waals surface area contributed by atoms with E-state index in [9.17, 15) is 34.7 Å². The second-order valence-corrected chi connectivity index (χ2v) is 8.97. The molecule has 0 aliphatic carbocycles. The van der Waals surface area contributed by atoms with Crippen LogP contribution in [-0.4, -0.2) is 85.2 Å². The number of benzene rings is 1. The number of aliphatic hydroxyl groups excluding tert-OH is 2. The predicted molar refractivity (Wildman–Crippen MR) is 109 cm³/mol. The molecule has 2 fully saturated rings. The fourth-order valence-corrected chi connectivity index (χ4v) is 4.64. The molecule has 12 heteroatoms. The second kappa shape index (κ2) is 9.62. The zero-order valence-electron chi connectivity index (χ0n) is 16.7. The first kappa shape index (κ1) is 23.0. The van der Waals surface area contributed by atoms with Crippen molar-refractivity contribution in [3.63, 3.8) is 0 Å². The smallest absolute Gasteiger partial charge is 0.410 e. The zero-order chi connectivity index (χ0) is 22.7. The molecule has 1 aromatic rings. The molecule has 0 unspecified atom stereocenters. The molecule has 4 atom stereocenters. The third-order valence-electron chi connectivity index (χ3n) is 5.20. The normalized spacial score (nSPS) is 25.5. The van der Waals surface area contributed by atoms with E-state index in [0.717, 1.165) is 11.8 Å². The molecular weight excluding hydrogens is 430 g/mol. The molecule has 2 saturated heterocycles. The van der Waals surface area contributed by atoms with Crippen LogP contribution in [0.4, 0.5) is 10.5 Å². The van der Waals surface area contributed by atoms with Gasteiger partial charge in [0.25, 0.3) is 5.69 Å². The zero-order valence-corrected chi connectivity index (χ0v) is 17.6. The van der Waals surface area contributed by atoms with Gasteiger partial charge in [0.1, 0.15) is 12.6 Å². The Kier molecular flexibility index (Phi) is 7.13. The maximum absolute atomic E-state index is 13.0. The number of rotatable bonds is 5. The van der Waals surface area contributed by atoms with E-state index in [1.54, 1.807) is 0 Å². The summed E-state index contributed by atoms with van der Waals surface area (Å²) in [5, 5.41) is 29.8. The van der Waals surface area contributed by atoms with Gasteiger partial charge in [-0.25, -0.2) is 4.79 Å². The van der Waals surface area contributed by atoms with Gasteiger partial charge in [0, 0.05) is 43.9 Å². The Hall–Kier alpha value is -2.70. The van der Waals surface area contributed by atoms with Crippen LogP contribution in [0.25, 0.3) is 0 Å². The molecule has 3 rings (SSSR count). The lowest BCUT2D eigenvalue weighted by molar-refractivity contribution is -0.384. The molecule has 2 heterocycles. The van der Waals surface area contributed by atoms with E-state index in [-0.39, 0.29) is 48.7 Å². The summed E-state index contributed by atoms with van der Waals surface area (Å²) in [4.78, 5) is 49.9. The molecule has 2 aliphatic rings. The number of amides is 2.